The van der Waals surface area contributed by atoms with Crippen molar-refractivity contribution in [2.75, 3.05) is 61.1 Å². The minimum Gasteiger partial charge on any atom is -0.378 e. The maximum Gasteiger partial charge on any atom is 0.137 e. The molecule has 4 heterocycles. The minimum absolute atomic E-state index is 0.208. The predicted molar refractivity (Wildman–Crippen MR) is 127 cm³/mol. The maximum atomic E-state index is 15.0. The Morgan fingerprint density at radius 3 is 2.73 bits per heavy atom. The van der Waals surface area contributed by atoms with Crippen LogP contribution in [0.4, 0.5) is 31.7 Å². The van der Waals surface area contributed by atoms with Gasteiger partial charge in [-0.1, -0.05) is 0 Å². The number of ether oxygens (including phenoxy) is 1. The SMILES string of the molecule is Cc1c(N2CCNC[C@@H]2C)nc2cc(F)cc(F)c2c1Nc1cncc(N2CCOCC2)c1. The molecule has 2 saturated heterocycles. The van der Waals surface area contributed by atoms with Crippen LogP contribution in [0.2, 0.25) is 0 Å². The molecular formula is C24H28F2N6O. The van der Waals surface area contributed by atoms with Crippen LogP contribution in [-0.2, 0) is 4.74 Å². The van der Waals surface area contributed by atoms with Crippen molar-refractivity contribution in [1.29, 1.82) is 0 Å². The zero-order valence-corrected chi connectivity index (χ0v) is 18.9. The Morgan fingerprint density at radius 2 is 1.94 bits per heavy atom. The molecule has 2 fully saturated rings. The van der Waals surface area contributed by atoms with E-state index in [0.717, 1.165) is 61.5 Å². The molecule has 0 aliphatic carbocycles. The Kier molecular flexibility index (Phi) is 5.99. The number of halogens is 2. The number of hydrogen-bond acceptors (Lipinski definition) is 7. The van der Waals surface area contributed by atoms with Crippen LogP contribution in [0.15, 0.2) is 30.6 Å². The molecule has 0 unspecified atom stereocenters. The standard InChI is InChI=1S/C24H28F2N6O/c1-15-12-27-3-4-32(15)24-16(2)23(22-20(26)9-17(25)10-21(22)30-24)29-18-11-19(14-28-13-18)31-5-7-33-8-6-31/h9-11,13-15,27H,3-8,12H2,1-2H3,(H,29,30)/t15-/m0/s1. The van der Waals surface area contributed by atoms with Crippen LogP contribution >= 0.6 is 0 Å². The quantitative estimate of drug-likeness (QED) is 0.625. The third-order valence-electron chi connectivity index (χ3n) is 6.36. The van der Waals surface area contributed by atoms with Crippen molar-refractivity contribution in [3.8, 4) is 0 Å². The number of pyridine rings is 2. The second kappa shape index (κ2) is 9.07. The first-order valence-corrected chi connectivity index (χ1v) is 11.3. The van der Waals surface area contributed by atoms with Crippen LogP contribution in [0.5, 0.6) is 0 Å². The summed E-state index contributed by atoms with van der Waals surface area (Å²) >= 11 is 0. The van der Waals surface area contributed by atoms with Gasteiger partial charge in [0.15, 0.2) is 0 Å². The van der Waals surface area contributed by atoms with Gasteiger partial charge in [0.05, 0.1) is 53.6 Å². The van der Waals surface area contributed by atoms with Crippen LogP contribution in [0.25, 0.3) is 10.9 Å². The zero-order chi connectivity index (χ0) is 22.9. The first kappa shape index (κ1) is 21.8. The van der Waals surface area contributed by atoms with Crippen LogP contribution in [0.3, 0.4) is 0 Å². The second-order valence-electron chi connectivity index (χ2n) is 8.62. The van der Waals surface area contributed by atoms with Crippen molar-refractivity contribution >= 4 is 33.8 Å². The van der Waals surface area contributed by atoms with Crippen LogP contribution in [-0.4, -0.2) is 61.9 Å². The first-order valence-electron chi connectivity index (χ1n) is 11.3. The largest absolute Gasteiger partial charge is 0.378 e. The van der Waals surface area contributed by atoms with Gasteiger partial charge in [0.2, 0.25) is 0 Å². The molecule has 2 aliphatic rings. The summed E-state index contributed by atoms with van der Waals surface area (Å²) in [7, 11) is 0. The summed E-state index contributed by atoms with van der Waals surface area (Å²) in [6.45, 7) is 9.41. The molecule has 0 spiro atoms. The third-order valence-corrected chi connectivity index (χ3v) is 6.36. The highest BCUT2D eigenvalue weighted by Gasteiger charge is 2.25. The monoisotopic (exact) mass is 454 g/mol. The van der Waals surface area contributed by atoms with E-state index in [1.165, 1.54) is 6.07 Å². The van der Waals surface area contributed by atoms with E-state index in [9.17, 15) is 4.39 Å². The number of nitrogens with zero attached hydrogens (tertiary/aromatic N) is 4. The predicted octanol–water partition coefficient (Wildman–Crippen LogP) is 3.59. The van der Waals surface area contributed by atoms with Gasteiger partial charge in [-0.3, -0.25) is 4.98 Å². The number of fused-ring (bicyclic) bond motifs is 1. The highest BCUT2D eigenvalue weighted by Crippen LogP contribution is 2.37. The lowest BCUT2D eigenvalue weighted by atomic mass is 10.1. The van der Waals surface area contributed by atoms with E-state index in [1.807, 2.05) is 19.2 Å². The van der Waals surface area contributed by atoms with E-state index in [4.69, 9.17) is 9.72 Å². The number of benzene rings is 1. The van der Waals surface area contributed by atoms with Crippen LogP contribution in [0.1, 0.15) is 12.5 Å². The summed E-state index contributed by atoms with van der Waals surface area (Å²) < 4.78 is 34.6. The fourth-order valence-corrected chi connectivity index (χ4v) is 4.62. The van der Waals surface area contributed by atoms with E-state index in [0.29, 0.717) is 24.4 Å². The third kappa shape index (κ3) is 4.30. The van der Waals surface area contributed by atoms with Gasteiger partial charge in [0.1, 0.15) is 17.5 Å². The van der Waals surface area contributed by atoms with Gasteiger partial charge < -0.3 is 25.2 Å². The lowest BCUT2D eigenvalue weighted by molar-refractivity contribution is 0.122. The molecule has 2 aliphatic heterocycles. The minimum atomic E-state index is -0.641. The van der Waals surface area contributed by atoms with E-state index in [-0.39, 0.29) is 11.4 Å². The molecule has 3 aromatic rings. The van der Waals surface area contributed by atoms with Crippen molar-refractivity contribution in [3.05, 3.63) is 47.8 Å². The number of nitrogens with one attached hydrogen (secondary N) is 2. The van der Waals surface area contributed by atoms with Crippen molar-refractivity contribution in [2.45, 2.75) is 19.9 Å². The maximum absolute atomic E-state index is 15.0. The topological polar surface area (TPSA) is 65.5 Å². The van der Waals surface area contributed by atoms with Gasteiger partial charge in [0, 0.05) is 56.5 Å². The molecule has 1 atom stereocenters. The highest BCUT2D eigenvalue weighted by molar-refractivity contribution is 5.97. The normalized spacial score (nSPS) is 19.2. The highest BCUT2D eigenvalue weighted by atomic mass is 19.1. The molecule has 0 amide bonds. The Hall–Kier alpha value is -3.04. The fourth-order valence-electron chi connectivity index (χ4n) is 4.62. The van der Waals surface area contributed by atoms with E-state index in [1.54, 1.807) is 6.20 Å². The number of rotatable bonds is 4. The summed E-state index contributed by atoms with van der Waals surface area (Å²) in [5.41, 5.74) is 3.40. The molecule has 0 radical (unpaired) electrons. The smallest absolute Gasteiger partial charge is 0.137 e. The van der Waals surface area contributed by atoms with Crippen molar-refractivity contribution in [3.63, 3.8) is 0 Å². The van der Waals surface area contributed by atoms with Gasteiger partial charge in [-0.15, -0.1) is 0 Å². The van der Waals surface area contributed by atoms with Gasteiger partial charge in [0.25, 0.3) is 0 Å². The lowest BCUT2D eigenvalue weighted by Crippen LogP contribution is -2.50. The Balaban J connectivity index is 1.60. The molecule has 1 aromatic carbocycles. The summed E-state index contributed by atoms with van der Waals surface area (Å²) in [5, 5.41) is 7.03. The Morgan fingerprint density at radius 1 is 1.12 bits per heavy atom. The fraction of sp³-hybridized carbons (Fsp3) is 0.417. The molecule has 0 saturated carbocycles. The summed E-state index contributed by atoms with van der Waals surface area (Å²) in [6, 6.07) is 4.41. The van der Waals surface area contributed by atoms with Crippen LogP contribution in [0, 0.1) is 18.6 Å². The Bertz CT molecular complexity index is 1170. The molecule has 5 rings (SSSR count). The van der Waals surface area contributed by atoms with Crippen molar-refractivity contribution in [2.24, 2.45) is 0 Å². The van der Waals surface area contributed by atoms with E-state index >= 15 is 4.39 Å². The zero-order valence-electron chi connectivity index (χ0n) is 18.9. The summed E-state index contributed by atoms with van der Waals surface area (Å²) in [4.78, 5) is 13.5. The summed E-state index contributed by atoms with van der Waals surface area (Å²) in [6.07, 6.45) is 3.53. The molecule has 9 heteroatoms. The summed E-state index contributed by atoms with van der Waals surface area (Å²) in [5.74, 6) is -0.542. The molecule has 2 N–H and O–H groups in total. The van der Waals surface area contributed by atoms with Crippen molar-refractivity contribution in [1.82, 2.24) is 15.3 Å². The molecule has 0 bridgehead atoms. The number of morpholine rings is 1. The van der Waals surface area contributed by atoms with Gasteiger partial charge in [-0.2, -0.15) is 0 Å². The molecule has 33 heavy (non-hydrogen) atoms. The second-order valence-corrected chi connectivity index (χ2v) is 8.62. The Labute approximate surface area is 191 Å². The van der Waals surface area contributed by atoms with Gasteiger partial charge in [-0.05, 0) is 19.9 Å². The molecule has 7 nitrogen and oxygen atoms in total. The van der Waals surface area contributed by atoms with Gasteiger partial charge in [-0.25, -0.2) is 13.8 Å². The average molecular weight is 455 g/mol. The van der Waals surface area contributed by atoms with Gasteiger partial charge >= 0.3 is 0 Å². The van der Waals surface area contributed by atoms with E-state index in [2.05, 4.69) is 32.3 Å². The average Bonchev–Trinajstić information content (AvgIpc) is 2.82. The van der Waals surface area contributed by atoms with E-state index < -0.39 is 11.6 Å². The molecular weight excluding hydrogens is 426 g/mol. The molecule has 174 valence electrons. The van der Waals surface area contributed by atoms with Crippen molar-refractivity contribution < 1.29 is 13.5 Å². The molecule has 2 aromatic heterocycles. The number of hydrogen-bond donors (Lipinski definition) is 2. The number of piperazine rings is 1. The first-order chi connectivity index (χ1) is 16.0. The number of aromatic nitrogens is 2. The number of anilines is 4. The lowest BCUT2D eigenvalue weighted by Gasteiger charge is -2.36. The van der Waals surface area contributed by atoms with Crippen LogP contribution < -0.4 is 20.4 Å².